The van der Waals surface area contributed by atoms with Gasteiger partial charge in [-0.05, 0) is 17.7 Å². The van der Waals surface area contributed by atoms with E-state index < -0.39 is 0 Å². The summed E-state index contributed by atoms with van der Waals surface area (Å²) in [4.78, 5) is 13.5. The summed E-state index contributed by atoms with van der Waals surface area (Å²) in [5, 5.41) is 0. The van der Waals surface area contributed by atoms with E-state index in [9.17, 15) is 4.79 Å². The number of nitrogens with two attached hydrogens (primary N) is 1. The van der Waals surface area contributed by atoms with Crippen LogP contribution in [-0.2, 0) is 4.79 Å². The summed E-state index contributed by atoms with van der Waals surface area (Å²) in [6, 6.07) is 5.40. The van der Waals surface area contributed by atoms with E-state index in [1.54, 1.807) is 40.4 Å². The van der Waals surface area contributed by atoms with Gasteiger partial charge in [-0.1, -0.05) is 6.07 Å². The highest BCUT2D eigenvalue weighted by Crippen LogP contribution is 2.30. The van der Waals surface area contributed by atoms with Crippen molar-refractivity contribution in [2.45, 2.75) is 5.92 Å². The van der Waals surface area contributed by atoms with Gasteiger partial charge < -0.3 is 20.1 Å². The monoisotopic (exact) mass is 252 g/mol. The van der Waals surface area contributed by atoms with Gasteiger partial charge in [0.2, 0.25) is 5.91 Å². The standard InChI is InChI=1S/C13H20N2O3/c1-15(2)13(16)10(8-14)9-5-6-11(17-3)12(7-9)18-4/h5-7,10H,8,14H2,1-4H3. The summed E-state index contributed by atoms with van der Waals surface area (Å²) in [6.45, 7) is 0.256. The zero-order valence-electron chi connectivity index (χ0n) is 11.3. The minimum atomic E-state index is -0.361. The molecular weight excluding hydrogens is 232 g/mol. The number of hydrogen-bond donors (Lipinski definition) is 1. The molecule has 1 amide bonds. The van der Waals surface area contributed by atoms with Gasteiger partial charge in [0.05, 0.1) is 20.1 Å². The SMILES string of the molecule is COc1ccc(C(CN)C(=O)N(C)C)cc1OC. The molecule has 1 aromatic rings. The molecule has 1 rings (SSSR count). The molecule has 0 spiro atoms. The first kappa shape index (κ1) is 14.3. The van der Waals surface area contributed by atoms with E-state index in [1.807, 2.05) is 6.07 Å². The van der Waals surface area contributed by atoms with Crippen LogP contribution >= 0.6 is 0 Å². The van der Waals surface area contributed by atoms with Gasteiger partial charge in [-0.3, -0.25) is 4.79 Å². The van der Waals surface area contributed by atoms with Crippen molar-refractivity contribution < 1.29 is 14.3 Å². The highest BCUT2D eigenvalue weighted by Gasteiger charge is 2.22. The van der Waals surface area contributed by atoms with E-state index in [4.69, 9.17) is 15.2 Å². The van der Waals surface area contributed by atoms with Crippen LogP contribution in [0.3, 0.4) is 0 Å². The Labute approximate surface area is 107 Å². The number of likely N-dealkylation sites (N-methyl/N-ethyl adjacent to an activating group) is 1. The Morgan fingerprint density at radius 3 is 2.33 bits per heavy atom. The maximum absolute atomic E-state index is 12.0. The van der Waals surface area contributed by atoms with Gasteiger partial charge >= 0.3 is 0 Å². The lowest BCUT2D eigenvalue weighted by Gasteiger charge is -2.20. The molecule has 18 heavy (non-hydrogen) atoms. The van der Waals surface area contributed by atoms with Gasteiger partial charge in [-0.2, -0.15) is 0 Å². The van der Waals surface area contributed by atoms with Crippen LogP contribution in [0.15, 0.2) is 18.2 Å². The van der Waals surface area contributed by atoms with E-state index >= 15 is 0 Å². The van der Waals surface area contributed by atoms with Crippen LogP contribution in [0.1, 0.15) is 11.5 Å². The second kappa shape index (κ2) is 6.26. The normalized spacial score (nSPS) is 11.8. The minimum absolute atomic E-state index is 0.0234. The van der Waals surface area contributed by atoms with Crippen molar-refractivity contribution in [2.75, 3.05) is 34.9 Å². The molecule has 0 aromatic heterocycles. The molecule has 1 aromatic carbocycles. The third-order valence-corrected chi connectivity index (χ3v) is 2.78. The molecule has 1 atom stereocenters. The molecule has 0 aliphatic rings. The van der Waals surface area contributed by atoms with Gasteiger partial charge in [-0.15, -0.1) is 0 Å². The quantitative estimate of drug-likeness (QED) is 0.843. The Morgan fingerprint density at radius 2 is 1.89 bits per heavy atom. The second-order valence-electron chi connectivity index (χ2n) is 4.14. The summed E-state index contributed by atoms with van der Waals surface area (Å²) in [7, 11) is 6.56. The molecule has 0 bridgehead atoms. The molecule has 5 heteroatoms. The summed E-state index contributed by atoms with van der Waals surface area (Å²) >= 11 is 0. The highest BCUT2D eigenvalue weighted by atomic mass is 16.5. The first-order valence-electron chi connectivity index (χ1n) is 5.68. The van der Waals surface area contributed by atoms with E-state index in [0.29, 0.717) is 11.5 Å². The molecule has 0 saturated heterocycles. The van der Waals surface area contributed by atoms with E-state index in [-0.39, 0.29) is 18.4 Å². The lowest BCUT2D eigenvalue weighted by Crippen LogP contribution is -2.32. The average molecular weight is 252 g/mol. The maximum Gasteiger partial charge on any atom is 0.230 e. The zero-order valence-corrected chi connectivity index (χ0v) is 11.3. The van der Waals surface area contributed by atoms with Crippen LogP contribution in [-0.4, -0.2) is 45.7 Å². The molecule has 0 heterocycles. The molecule has 0 fully saturated rings. The topological polar surface area (TPSA) is 64.8 Å². The van der Waals surface area contributed by atoms with Crippen molar-refractivity contribution in [3.05, 3.63) is 23.8 Å². The van der Waals surface area contributed by atoms with E-state index in [0.717, 1.165) is 5.56 Å². The van der Waals surface area contributed by atoms with Crippen LogP contribution in [0.4, 0.5) is 0 Å². The van der Waals surface area contributed by atoms with Gasteiger partial charge in [0, 0.05) is 20.6 Å². The van der Waals surface area contributed by atoms with Crippen molar-refractivity contribution in [3.63, 3.8) is 0 Å². The number of rotatable bonds is 5. The molecule has 0 aliphatic heterocycles. The van der Waals surface area contributed by atoms with Crippen LogP contribution in [0, 0.1) is 0 Å². The Morgan fingerprint density at radius 1 is 1.28 bits per heavy atom. The third-order valence-electron chi connectivity index (χ3n) is 2.78. The smallest absolute Gasteiger partial charge is 0.230 e. The zero-order chi connectivity index (χ0) is 13.7. The van der Waals surface area contributed by atoms with Crippen LogP contribution in [0.5, 0.6) is 11.5 Å². The van der Waals surface area contributed by atoms with Crippen LogP contribution < -0.4 is 15.2 Å². The predicted molar refractivity (Wildman–Crippen MR) is 70.0 cm³/mol. The van der Waals surface area contributed by atoms with E-state index in [2.05, 4.69) is 0 Å². The largest absolute Gasteiger partial charge is 0.493 e. The fourth-order valence-electron chi connectivity index (χ4n) is 1.76. The molecule has 100 valence electrons. The Kier molecular flexibility index (Phi) is 4.97. The lowest BCUT2D eigenvalue weighted by atomic mass is 9.97. The minimum Gasteiger partial charge on any atom is -0.493 e. The number of methoxy groups -OCH3 is 2. The van der Waals surface area contributed by atoms with Crippen molar-refractivity contribution in [2.24, 2.45) is 5.73 Å². The van der Waals surface area contributed by atoms with Crippen molar-refractivity contribution in [1.29, 1.82) is 0 Å². The Hall–Kier alpha value is -1.75. The fraction of sp³-hybridized carbons (Fsp3) is 0.462. The van der Waals surface area contributed by atoms with Crippen LogP contribution in [0.2, 0.25) is 0 Å². The summed E-state index contributed by atoms with van der Waals surface area (Å²) in [5.41, 5.74) is 6.51. The molecule has 0 saturated carbocycles. The third kappa shape index (κ3) is 2.92. The van der Waals surface area contributed by atoms with E-state index in [1.165, 1.54) is 4.90 Å². The Bertz CT molecular complexity index is 419. The van der Waals surface area contributed by atoms with Gasteiger partial charge in [0.15, 0.2) is 11.5 Å². The number of carbonyl (C=O) groups excluding carboxylic acids is 1. The van der Waals surface area contributed by atoms with Gasteiger partial charge in [0.1, 0.15) is 0 Å². The average Bonchev–Trinajstić information content (AvgIpc) is 2.39. The number of hydrogen-bond acceptors (Lipinski definition) is 4. The molecule has 2 N–H and O–H groups in total. The summed E-state index contributed by atoms with van der Waals surface area (Å²) in [6.07, 6.45) is 0. The molecular formula is C13H20N2O3. The number of ether oxygens (including phenoxy) is 2. The molecule has 5 nitrogen and oxygen atoms in total. The molecule has 1 unspecified atom stereocenters. The highest BCUT2D eigenvalue weighted by molar-refractivity contribution is 5.83. The van der Waals surface area contributed by atoms with Crippen LogP contribution in [0.25, 0.3) is 0 Å². The number of amides is 1. The van der Waals surface area contributed by atoms with Crippen molar-refractivity contribution in [3.8, 4) is 11.5 Å². The fourth-order valence-corrected chi connectivity index (χ4v) is 1.76. The first-order valence-corrected chi connectivity index (χ1v) is 5.68. The molecule has 0 radical (unpaired) electrons. The predicted octanol–water partition coefficient (Wildman–Crippen LogP) is 0.834. The summed E-state index contributed by atoms with van der Waals surface area (Å²) in [5.74, 6) is 0.846. The van der Waals surface area contributed by atoms with Crippen molar-refractivity contribution >= 4 is 5.91 Å². The second-order valence-corrected chi connectivity index (χ2v) is 4.14. The van der Waals surface area contributed by atoms with Gasteiger partial charge in [-0.25, -0.2) is 0 Å². The number of benzene rings is 1. The maximum atomic E-state index is 12.0. The Balaban J connectivity index is 3.11. The first-order chi connectivity index (χ1) is 8.54. The number of nitrogens with zero attached hydrogens (tertiary/aromatic N) is 1. The lowest BCUT2D eigenvalue weighted by molar-refractivity contribution is -0.130. The van der Waals surface area contributed by atoms with Crippen molar-refractivity contribution in [1.82, 2.24) is 4.90 Å². The molecule has 0 aliphatic carbocycles. The number of carbonyl (C=O) groups is 1. The van der Waals surface area contributed by atoms with Gasteiger partial charge in [0.25, 0.3) is 0 Å². The summed E-state index contributed by atoms with van der Waals surface area (Å²) < 4.78 is 10.4.